The molecule has 3 rings (SSSR count). The molecule has 8 heteroatoms. The first-order valence-corrected chi connectivity index (χ1v) is 9.60. The molecule has 0 unspecified atom stereocenters. The van der Waals surface area contributed by atoms with Crippen LogP contribution in [0.4, 0.5) is 11.4 Å². The second-order valence-corrected chi connectivity index (χ2v) is 6.68. The van der Waals surface area contributed by atoms with Gasteiger partial charge in [0.2, 0.25) is 0 Å². The number of aromatic amines is 1. The largest absolute Gasteiger partial charge is 0.363 e. The molecule has 0 aliphatic carbocycles. The molecule has 5 N–H and O–H groups in total. The van der Waals surface area contributed by atoms with Crippen LogP contribution in [0.5, 0.6) is 0 Å². The molecular formula is C19H22N6S2. The van der Waals surface area contributed by atoms with Crippen LogP contribution in [0, 0.1) is 0 Å². The highest BCUT2D eigenvalue weighted by atomic mass is 32.1. The van der Waals surface area contributed by atoms with Crippen molar-refractivity contribution in [2.24, 2.45) is 0 Å². The number of H-pyrrole nitrogens is 1. The fourth-order valence-corrected chi connectivity index (χ4v) is 3.13. The number of anilines is 2. The van der Waals surface area contributed by atoms with Crippen LogP contribution in [-0.4, -0.2) is 33.3 Å². The van der Waals surface area contributed by atoms with Gasteiger partial charge in [-0.05, 0) is 80.7 Å². The maximum atomic E-state index is 5.23. The molecule has 0 atom stereocenters. The SMILES string of the molecule is CCNC(=S)Nc1ccc(-c2nc3ccc(NC(=S)NCC)cc3[nH]2)cc1. The number of hydrogen-bond acceptors (Lipinski definition) is 3. The van der Waals surface area contributed by atoms with E-state index in [-0.39, 0.29) is 0 Å². The summed E-state index contributed by atoms with van der Waals surface area (Å²) in [6, 6.07) is 13.9. The van der Waals surface area contributed by atoms with E-state index in [4.69, 9.17) is 24.4 Å². The monoisotopic (exact) mass is 398 g/mol. The van der Waals surface area contributed by atoms with Crippen LogP contribution in [0.25, 0.3) is 22.4 Å². The quantitative estimate of drug-likeness (QED) is 0.418. The van der Waals surface area contributed by atoms with E-state index in [9.17, 15) is 0 Å². The highest BCUT2D eigenvalue weighted by Crippen LogP contribution is 2.24. The van der Waals surface area contributed by atoms with E-state index in [1.807, 2.05) is 56.3 Å². The van der Waals surface area contributed by atoms with Gasteiger partial charge in [0.1, 0.15) is 5.82 Å². The molecular weight excluding hydrogens is 376 g/mol. The lowest BCUT2D eigenvalue weighted by Crippen LogP contribution is -2.27. The molecule has 0 fully saturated rings. The summed E-state index contributed by atoms with van der Waals surface area (Å²) in [6.07, 6.45) is 0. The van der Waals surface area contributed by atoms with E-state index in [1.165, 1.54) is 0 Å². The Hall–Kier alpha value is -2.71. The summed E-state index contributed by atoms with van der Waals surface area (Å²) in [5, 5.41) is 13.7. The topological polar surface area (TPSA) is 76.8 Å². The van der Waals surface area contributed by atoms with Gasteiger partial charge in [-0.25, -0.2) is 4.98 Å². The van der Waals surface area contributed by atoms with Crippen LogP contribution < -0.4 is 21.3 Å². The predicted octanol–water partition coefficient (Wildman–Crippen LogP) is 3.84. The number of rotatable bonds is 5. The van der Waals surface area contributed by atoms with Crippen LogP contribution in [0.15, 0.2) is 42.5 Å². The number of benzene rings is 2. The molecule has 140 valence electrons. The van der Waals surface area contributed by atoms with Crippen molar-refractivity contribution in [2.45, 2.75) is 13.8 Å². The normalized spacial score (nSPS) is 10.4. The van der Waals surface area contributed by atoms with Gasteiger partial charge in [-0.2, -0.15) is 0 Å². The van der Waals surface area contributed by atoms with Crippen LogP contribution in [-0.2, 0) is 0 Å². The van der Waals surface area contributed by atoms with Gasteiger partial charge in [0.15, 0.2) is 10.2 Å². The van der Waals surface area contributed by atoms with Crippen molar-refractivity contribution < 1.29 is 0 Å². The summed E-state index contributed by atoms with van der Waals surface area (Å²) < 4.78 is 0. The average Bonchev–Trinajstić information content (AvgIpc) is 3.06. The van der Waals surface area contributed by atoms with Gasteiger partial charge in [-0.3, -0.25) is 0 Å². The van der Waals surface area contributed by atoms with Gasteiger partial charge in [0.25, 0.3) is 0 Å². The lowest BCUT2D eigenvalue weighted by Gasteiger charge is -2.08. The van der Waals surface area contributed by atoms with E-state index in [0.29, 0.717) is 10.2 Å². The minimum atomic E-state index is 0.607. The first-order valence-electron chi connectivity index (χ1n) is 8.79. The molecule has 27 heavy (non-hydrogen) atoms. The Morgan fingerprint density at radius 1 is 0.889 bits per heavy atom. The second kappa shape index (κ2) is 8.79. The van der Waals surface area contributed by atoms with E-state index in [0.717, 1.165) is 46.9 Å². The van der Waals surface area contributed by atoms with Gasteiger partial charge in [-0.1, -0.05) is 0 Å². The molecule has 0 bridgehead atoms. The van der Waals surface area contributed by atoms with Crippen molar-refractivity contribution >= 4 is 57.1 Å². The molecule has 6 nitrogen and oxygen atoms in total. The van der Waals surface area contributed by atoms with Gasteiger partial charge in [0.05, 0.1) is 11.0 Å². The summed E-state index contributed by atoms with van der Waals surface area (Å²) in [4.78, 5) is 8.03. The lowest BCUT2D eigenvalue weighted by molar-refractivity contribution is 0.979. The number of fused-ring (bicyclic) bond motifs is 1. The van der Waals surface area contributed by atoms with Crippen molar-refractivity contribution in [3.8, 4) is 11.4 Å². The molecule has 3 aromatic rings. The third-order valence-corrected chi connectivity index (χ3v) is 4.32. The number of aromatic nitrogens is 2. The Labute approximate surface area is 169 Å². The van der Waals surface area contributed by atoms with Gasteiger partial charge in [0, 0.05) is 30.0 Å². The van der Waals surface area contributed by atoms with Gasteiger partial charge < -0.3 is 26.3 Å². The zero-order chi connectivity index (χ0) is 19.2. The molecule has 0 radical (unpaired) electrons. The first kappa shape index (κ1) is 19.1. The highest BCUT2D eigenvalue weighted by molar-refractivity contribution is 7.80. The highest BCUT2D eigenvalue weighted by Gasteiger charge is 2.07. The van der Waals surface area contributed by atoms with E-state index in [2.05, 4.69) is 31.2 Å². The van der Waals surface area contributed by atoms with Crippen LogP contribution in [0.3, 0.4) is 0 Å². The number of nitrogens with zero attached hydrogens (tertiary/aromatic N) is 1. The third-order valence-electron chi connectivity index (χ3n) is 3.83. The minimum absolute atomic E-state index is 0.607. The Balaban J connectivity index is 1.76. The average molecular weight is 399 g/mol. The van der Waals surface area contributed by atoms with E-state index < -0.39 is 0 Å². The summed E-state index contributed by atoms with van der Waals surface area (Å²) in [5.74, 6) is 0.817. The van der Waals surface area contributed by atoms with Crippen molar-refractivity contribution in [1.29, 1.82) is 0 Å². The smallest absolute Gasteiger partial charge is 0.170 e. The van der Waals surface area contributed by atoms with Crippen molar-refractivity contribution in [2.75, 3.05) is 23.7 Å². The van der Waals surface area contributed by atoms with Crippen molar-refractivity contribution in [3.05, 3.63) is 42.5 Å². The molecule has 0 saturated heterocycles. The summed E-state index contributed by atoms with van der Waals surface area (Å²) in [6.45, 7) is 5.59. The van der Waals surface area contributed by atoms with Crippen LogP contribution in [0.1, 0.15) is 13.8 Å². The molecule has 1 aromatic heterocycles. The lowest BCUT2D eigenvalue weighted by atomic mass is 10.2. The standard InChI is InChI=1S/C19H22N6S2/c1-3-20-18(26)22-13-7-5-12(6-8-13)17-24-15-10-9-14(11-16(15)25-17)23-19(27)21-4-2/h5-11H,3-4H2,1-2H3,(H,24,25)(H2,20,22,26)(H2,21,23,27). The number of thiocarbonyl (C=S) groups is 2. The van der Waals surface area contributed by atoms with E-state index in [1.54, 1.807) is 0 Å². The molecule has 0 aliphatic heterocycles. The van der Waals surface area contributed by atoms with Crippen LogP contribution in [0.2, 0.25) is 0 Å². The maximum Gasteiger partial charge on any atom is 0.170 e. The predicted molar refractivity (Wildman–Crippen MR) is 121 cm³/mol. The third kappa shape index (κ3) is 4.93. The van der Waals surface area contributed by atoms with Gasteiger partial charge in [-0.15, -0.1) is 0 Å². The molecule has 0 saturated carbocycles. The summed E-state index contributed by atoms with van der Waals surface area (Å²) in [5.41, 5.74) is 4.71. The second-order valence-electron chi connectivity index (χ2n) is 5.86. The Morgan fingerprint density at radius 3 is 2.11 bits per heavy atom. The van der Waals surface area contributed by atoms with E-state index >= 15 is 0 Å². The Morgan fingerprint density at radius 2 is 1.48 bits per heavy atom. The number of nitrogens with one attached hydrogen (secondary N) is 5. The Bertz CT molecular complexity index is 948. The molecule has 0 spiro atoms. The summed E-state index contributed by atoms with van der Waals surface area (Å²) in [7, 11) is 0. The maximum absolute atomic E-state index is 5.23. The molecule has 0 amide bonds. The fraction of sp³-hybridized carbons (Fsp3) is 0.211. The zero-order valence-corrected chi connectivity index (χ0v) is 16.9. The van der Waals surface area contributed by atoms with Crippen LogP contribution >= 0.6 is 24.4 Å². The van der Waals surface area contributed by atoms with Crippen molar-refractivity contribution in [1.82, 2.24) is 20.6 Å². The number of hydrogen-bond donors (Lipinski definition) is 5. The fourth-order valence-electron chi connectivity index (χ4n) is 2.61. The molecule has 2 aromatic carbocycles. The molecule has 1 heterocycles. The van der Waals surface area contributed by atoms with Gasteiger partial charge >= 0.3 is 0 Å². The summed E-state index contributed by atoms with van der Waals surface area (Å²) >= 11 is 10.4. The first-order chi connectivity index (χ1) is 13.1. The molecule has 0 aliphatic rings. The van der Waals surface area contributed by atoms with Crippen molar-refractivity contribution in [3.63, 3.8) is 0 Å². The number of imidazole rings is 1. The Kier molecular flexibility index (Phi) is 6.20. The zero-order valence-electron chi connectivity index (χ0n) is 15.2. The minimum Gasteiger partial charge on any atom is -0.363 e.